The fourth-order valence-electron chi connectivity index (χ4n) is 3.03. The van der Waals surface area contributed by atoms with Gasteiger partial charge in [-0.15, -0.1) is 0 Å². The van der Waals surface area contributed by atoms with Gasteiger partial charge in [-0.2, -0.15) is 4.98 Å². The fraction of sp³-hybridized carbons (Fsp3) is 0.438. The smallest absolute Gasteiger partial charge is 0.316 e. The molecule has 0 spiro atoms. The summed E-state index contributed by atoms with van der Waals surface area (Å²) in [4.78, 5) is 17.1. The molecule has 6 nitrogen and oxygen atoms in total. The Morgan fingerprint density at radius 3 is 2.74 bits per heavy atom. The third-order valence-corrected chi connectivity index (χ3v) is 4.69. The number of nitrogens with two attached hydrogens (primary N) is 1. The first-order valence-electron chi connectivity index (χ1n) is 7.59. The van der Waals surface area contributed by atoms with Gasteiger partial charge in [-0.25, -0.2) is 4.39 Å². The molecule has 2 aromatic rings. The van der Waals surface area contributed by atoms with Gasteiger partial charge in [-0.1, -0.05) is 12.1 Å². The largest absolute Gasteiger partial charge is 0.368 e. The van der Waals surface area contributed by atoms with Crippen molar-refractivity contribution in [3.8, 4) is 11.4 Å². The maximum atomic E-state index is 14.8. The molecule has 0 radical (unpaired) electrons. The summed E-state index contributed by atoms with van der Waals surface area (Å²) in [5.74, 6) is -0.979. The predicted octanol–water partition coefficient (Wildman–Crippen LogP) is 2.52. The number of anilines is 1. The SMILES string of the molecule is Cc1c(N2CCC(C)[C@@H]2C)ccc(-c2noc(C(N)=O)n2)c1F. The zero-order chi connectivity index (χ0) is 16.7. The number of nitrogens with zero attached hydrogens (tertiary/aromatic N) is 3. The zero-order valence-electron chi connectivity index (χ0n) is 13.3. The highest BCUT2D eigenvalue weighted by atomic mass is 19.1. The minimum absolute atomic E-state index is 0.0220. The first-order valence-corrected chi connectivity index (χ1v) is 7.59. The Kier molecular flexibility index (Phi) is 3.79. The van der Waals surface area contributed by atoms with Crippen LogP contribution in [0.15, 0.2) is 16.7 Å². The first kappa shape index (κ1) is 15.5. The van der Waals surface area contributed by atoms with Crippen LogP contribution in [0.25, 0.3) is 11.4 Å². The van der Waals surface area contributed by atoms with Crippen LogP contribution in [-0.4, -0.2) is 28.6 Å². The molecule has 0 saturated carbocycles. The maximum Gasteiger partial charge on any atom is 0.316 e. The summed E-state index contributed by atoms with van der Waals surface area (Å²) < 4.78 is 19.5. The molecule has 3 rings (SSSR count). The molecule has 122 valence electrons. The number of benzene rings is 1. The lowest BCUT2D eigenvalue weighted by atomic mass is 10.0. The lowest BCUT2D eigenvalue weighted by Crippen LogP contribution is -2.29. The molecule has 2 atom stereocenters. The highest BCUT2D eigenvalue weighted by Crippen LogP contribution is 2.35. The van der Waals surface area contributed by atoms with Crippen LogP contribution in [0.4, 0.5) is 10.1 Å². The van der Waals surface area contributed by atoms with Crippen molar-refractivity contribution in [3.63, 3.8) is 0 Å². The molecule has 7 heteroatoms. The molecule has 1 aliphatic heterocycles. The summed E-state index contributed by atoms with van der Waals surface area (Å²) in [7, 11) is 0. The van der Waals surface area contributed by atoms with Gasteiger partial charge in [0.15, 0.2) is 0 Å². The Balaban J connectivity index is 1.99. The van der Waals surface area contributed by atoms with Crippen molar-refractivity contribution in [1.82, 2.24) is 10.1 Å². The van der Waals surface area contributed by atoms with E-state index >= 15 is 0 Å². The summed E-state index contributed by atoms with van der Waals surface area (Å²) in [5.41, 5.74) is 6.68. The number of amides is 1. The van der Waals surface area contributed by atoms with Gasteiger partial charge < -0.3 is 15.2 Å². The van der Waals surface area contributed by atoms with E-state index < -0.39 is 11.7 Å². The van der Waals surface area contributed by atoms with Gasteiger partial charge >= 0.3 is 11.8 Å². The molecule has 23 heavy (non-hydrogen) atoms. The van der Waals surface area contributed by atoms with Crippen molar-refractivity contribution in [2.45, 2.75) is 33.2 Å². The van der Waals surface area contributed by atoms with E-state index in [0.717, 1.165) is 18.7 Å². The molecule has 1 aliphatic rings. The topological polar surface area (TPSA) is 85.3 Å². The number of halogens is 1. The molecule has 0 aliphatic carbocycles. The van der Waals surface area contributed by atoms with Crippen LogP contribution in [-0.2, 0) is 0 Å². The van der Waals surface area contributed by atoms with Crippen LogP contribution >= 0.6 is 0 Å². The maximum absolute atomic E-state index is 14.8. The molecule has 0 bridgehead atoms. The Hall–Kier alpha value is -2.44. The third-order valence-electron chi connectivity index (χ3n) is 4.69. The third kappa shape index (κ3) is 2.56. The quantitative estimate of drug-likeness (QED) is 0.940. The summed E-state index contributed by atoms with van der Waals surface area (Å²) in [6, 6.07) is 3.84. The molecule has 1 amide bonds. The molecule has 2 heterocycles. The first-order chi connectivity index (χ1) is 10.9. The van der Waals surface area contributed by atoms with E-state index in [9.17, 15) is 9.18 Å². The number of carbonyl (C=O) groups is 1. The van der Waals surface area contributed by atoms with Crippen molar-refractivity contribution < 1.29 is 13.7 Å². The van der Waals surface area contributed by atoms with E-state index in [-0.39, 0.29) is 17.3 Å². The normalized spacial score (nSPS) is 21.0. The number of rotatable bonds is 3. The zero-order valence-corrected chi connectivity index (χ0v) is 13.3. The van der Waals surface area contributed by atoms with E-state index in [1.165, 1.54) is 0 Å². The highest BCUT2D eigenvalue weighted by Gasteiger charge is 2.29. The monoisotopic (exact) mass is 318 g/mol. The second-order valence-electron chi connectivity index (χ2n) is 6.06. The van der Waals surface area contributed by atoms with Gasteiger partial charge in [0.2, 0.25) is 5.82 Å². The van der Waals surface area contributed by atoms with Crippen molar-refractivity contribution in [3.05, 3.63) is 29.4 Å². The molecule has 1 fully saturated rings. The second-order valence-corrected chi connectivity index (χ2v) is 6.06. The molecular weight excluding hydrogens is 299 g/mol. The van der Waals surface area contributed by atoms with Crippen molar-refractivity contribution in [2.75, 3.05) is 11.4 Å². The lowest BCUT2D eigenvalue weighted by molar-refractivity contribution is 0.0958. The van der Waals surface area contributed by atoms with E-state index in [1.807, 2.05) is 6.07 Å². The Morgan fingerprint density at radius 1 is 1.43 bits per heavy atom. The average Bonchev–Trinajstić information content (AvgIpc) is 3.11. The fourth-order valence-corrected chi connectivity index (χ4v) is 3.03. The summed E-state index contributed by atoms with van der Waals surface area (Å²) >= 11 is 0. The lowest BCUT2D eigenvalue weighted by Gasteiger charge is -2.27. The van der Waals surface area contributed by atoms with Crippen LogP contribution in [0.2, 0.25) is 0 Å². The summed E-state index contributed by atoms with van der Waals surface area (Å²) in [6.45, 7) is 7.01. The van der Waals surface area contributed by atoms with Crippen LogP contribution in [0.1, 0.15) is 36.5 Å². The van der Waals surface area contributed by atoms with Crippen molar-refractivity contribution in [1.29, 1.82) is 0 Å². The molecule has 2 N–H and O–H groups in total. The Morgan fingerprint density at radius 2 is 2.17 bits per heavy atom. The predicted molar refractivity (Wildman–Crippen MR) is 83.5 cm³/mol. The molecule has 1 aromatic carbocycles. The minimum Gasteiger partial charge on any atom is -0.368 e. The number of primary amides is 1. The highest BCUT2D eigenvalue weighted by molar-refractivity contribution is 5.88. The van der Waals surface area contributed by atoms with Crippen molar-refractivity contribution in [2.24, 2.45) is 11.7 Å². The number of carbonyl (C=O) groups excluding carboxylic acids is 1. The molecule has 1 aromatic heterocycles. The molecule has 1 unspecified atom stereocenters. The van der Waals surface area contributed by atoms with Gasteiger partial charge in [0.25, 0.3) is 0 Å². The van der Waals surface area contributed by atoms with E-state index in [4.69, 9.17) is 10.3 Å². The standard InChI is InChI=1S/C16H19FN4O2/c1-8-6-7-21(10(8)3)12-5-4-11(13(17)9(12)2)15-19-16(14(18)22)23-20-15/h4-5,8,10H,6-7H2,1-3H3,(H2,18,22)/t8?,10-/m0/s1. The van der Waals surface area contributed by atoms with Crippen LogP contribution in [0.3, 0.4) is 0 Å². The Bertz CT molecular complexity index is 759. The van der Waals surface area contributed by atoms with Gasteiger partial charge in [0, 0.05) is 23.8 Å². The van der Waals surface area contributed by atoms with Crippen LogP contribution in [0.5, 0.6) is 0 Å². The van der Waals surface area contributed by atoms with Gasteiger partial charge in [-0.3, -0.25) is 4.79 Å². The molecule has 1 saturated heterocycles. The minimum atomic E-state index is -0.836. The summed E-state index contributed by atoms with van der Waals surface area (Å²) in [6.07, 6.45) is 1.09. The van der Waals surface area contributed by atoms with E-state index in [2.05, 4.69) is 28.9 Å². The van der Waals surface area contributed by atoms with Gasteiger partial charge in [-0.05, 0) is 38.3 Å². The number of aromatic nitrogens is 2. The van der Waals surface area contributed by atoms with E-state index in [1.54, 1.807) is 13.0 Å². The van der Waals surface area contributed by atoms with Gasteiger partial charge in [0.05, 0.1) is 5.56 Å². The average molecular weight is 318 g/mol. The van der Waals surface area contributed by atoms with Crippen molar-refractivity contribution >= 4 is 11.6 Å². The number of hydrogen-bond acceptors (Lipinski definition) is 5. The van der Waals surface area contributed by atoms with Crippen LogP contribution in [0, 0.1) is 18.7 Å². The van der Waals surface area contributed by atoms with Gasteiger partial charge in [0.1, 0.15) is 5.82 Å². The summed E-state index contributed by atoms with van der Waals surface area (Å²) in [5, 5.41) is 3.62. The second kappa shape index (κ2) is 5.64. The van der Waals surface area contributed by atoms with Crippen LogP contribution < -0.4 is 10.6 Å². The number of hydrogen-bond donors (Lipinski definition) is 1. The Labute approximate surface area is 133 Å². The van der Waals surface area contributed by atoms with E-state index in [0.29, 0.717) is 17.5 Å². The molecular formula is C16H19FN4O2.